The van der Waals surface area contributed by atoms with Gasteiger partial charge in [-0.05, 0) is 45.2 Å². The summed E-state index contributed by atoms with van der Waals surface area (Å²) in [5, 5.41) is 0.726. The highest BCUT2D eigenvalue weighted by molar-refractivity contribution is 6.32. The van der Waals surface area contributed by atoms with Gasteiger partial charge in [-0.1, -0.05) is 29.8 Å². The lowest BCUT2D eigenvalue weighted by Gasteiger charge is -2.27. The van der Waals surface area contributed by atoms with Crippen LogP contribution in [0.15, 0.2) is 24.3 Å². The van der Waals surface area contributed by atoms with Gasteiger partial charge in [0.2, 0.25) is 0 Å². The number of hydrogen-bond donors (Lipinski definition) is 0. The molecule has 1 rings (SSSR count). The number of halogens is 1. The number of amides is 1. The lowest BCUT2D eigenvalue weighted by atomic mass is 10.0. The van der Waals surface area contributed by atoms with Crippen LogP contribution in [0.5, 0.6) is 0 Å². The molecule has 5 heteroatoms. The van der Waals surface area contributed by atoms with Gasteiger partial charge in [-0.15, -0.1) is 0 Å². The molecule has 1 aromatic rings. The molecule has 0 spiro atoms. The molecule has 0 aliphatic rings. The predicted molar refractivity (Wildman–Crippen MR) is 83.3 cm³/mol. The summed E-state index contributed by atoms with van der Waals surface area (Å²) in [5.74, 6) is -1.37. The molecule has 0 saturated heterocycles. The highest BCUT2D eigenvalue weighted by atomic mass is 35.5. The van der Waals surface area contributed by atoms with Gasteiger partial charge in [-0.2, -0.15) is 0 Å². The van der Waals surface area contributed by atoms with E-state index >= 15 is 0 Å². The summed E-state index contributed by atoms with van der Waals surface area (Å²) < 4.78 is 4.77. The molecule has 0 heterocycles. The summed E-state index contributed by atoms with van der Waals surface area (Å²) in [6.07, 6.45) is 1.50. The predicted octanol–water partition coefficient (Wildman–Crippen LogP) is 3.07. The molecule has 1 atom stereocenters. The van der Waals surface area contributed by atoms with Crippen LogP contribution in [-0.2, 0) is 20.7 Å². The van der Waals surface area contributed by atoms with Crippen LogP contribution in [0.25, 0.3) is 0 Å². The number of rotatable bonds is 6. The van der Waals surface area contributed by atoms with Crippen LogP contribution in [0.4, 0.5) is 0 Å². The Morgan fingerprint density at radius 1 is 1.29 bits per heavy atom. The van der Waals surface area contributed by atoms with Crippen molar-refractivity contribution in [3.8, 4) is 0 Å². The maximum atomic E-state index is 12.0. The number of benzene rings is 1. The molecule has 0 aliphatic carbocycles. The van der Waals surface area contributed by atoms with Crippen LogP contribution < -0.4 is 0 Å². The third-order valence-electron chi connectivity index (χ3n) is 3.37. The van der Waals surface area contributed by atoms with E-state index in [4.69, 9.17) is 16.3 Å². The zero-order chi connectivity index (χ0) is 15.8. The van der Waals surface area contributed by atoms with Crippen LogP contribution in [0.3, 0.4) is 0 Å². The van der Waals surface area contributed by atoms with Crippen molar-refractivity contribution >= 4 is 23.5 Å². The van der Waals surface area contributed by atoms with Gasteiger partial charge in [0.1, 0.15) is 0 Å². The highest BCUT2D eigenvalue weighted by Crippen LogP contribution is 2.18. The van der Waals surface area contributed by atoms with Gasteiger partial charge in [-0.25, -0.2) is 4.79 Å². The topological polar surface area (TPSA) is 46.6 Å². The average Bonchev–Trinajstić information content (AvgIpc) is 2.47. The SMILES string of the molecule is CCOC(=O)C(=O)N(CC)C(C)CCc1ccccc1Cl. The van der Waals surface area contributed by atoms with E-state index in [1.165, 1.54) is 4.90 Å². The minimum absolute atomic E-state index is 0.0526. The summed E-state index contributed by atoms with van der Waals surface area (Å²) in [4.78, 5) is 25.1. The first kappa shape index (κ1) is 17.5. The molecular weight excluding hydrogens is 290 g/mol. The summed E-state index contributed by atoms with van der Waals surface area (Å²) in [6.45, 7) is 6.14. The van der Waals surface area contributed by atoms with Gasteiger partial charge >= 0.3 is 11.9 Å². The second-order valence-corrected chi connectivity index (χ2v) is 5.20. The van der Waals surface area contributed by atoms with Crippen LogP contribution in [0.2, 0.25) is 5.02 Å². The molecule has 0 fully saturated rings. The first-order valence-electron chi connectivity index (χ1n) is 7.22. The molecule has 4 nitrogen and oxygen atoms in total. The molecule has 0 N–H and O–H groups in total. The standard InChI is InChI=1S/C16H22ClNO3/c1-4-18(15(19)16(20)21-5-2)12(3)10-11-13-8-6-7-9-14(13)17/h6-9,12H,4-5,10-11H2,1-3H3. The second-order valence-electron chi connectivity index (χ2n) is 4.79. The first-order chi connectivity index (χ1) is 10.0. The van der Waals surface area contributed by atoms with Crippen molar-refractivity contribution in [3.05, 3.63) is 34.9 Å². The minimum atomic E-state index is -0.788. The van der Waals surface area contributed by atoms with Crippen LogP contribution in [0, 0.1) is 0 Å². The number of carbonyl (C=O) groups excluding carboxylic acids is 2. The molecule has 0 aliphatic heterocycles. The van der Waals surface area contributed by atoms with E-state index < -0.39 is 11.9 Å². The van der Waals surface area contributed by atoms with E-state index in [2.05, 4.69) is 0 Å². The molecule has 1 unspecified atom stereocenters. The molecule has 0 saturated carbocycles. The molecule has 1 amide bonds. The maximum absolute atomic E-state index is 12.0. The monoisotopic (exact) mass is 311 g/mol. The molecule has 1 aromatic carbocycles. The van der Waals surface area contributed by atoms with Gasteiger partial charge in [-0.3, -0.25) is 4.79 Å². The van der Waals surface area contributed by atoms with Crippen molar-refractivity contribution in [1.82, 2.24) is 4.90 Å². The average molecular weight is 312 g/mol. The van der Waals surface area contributed by atoms with Crippen molar-refractivity contribution < 1.29 is 14.3 Å². The zero-order valence-corrected chi connectivity index (χ0v) is 13.5. The van der Waals surface area contributed by atoms with Crippen molar-refractivity contribution in [2.24, 2.45) is 0 Å². The van der Waals surface area contributed by atoms with Crippen LogP contribution >= 0.6 is 11.6 Å². The lowest BCUT2D eigenvalue weighted by molar-refractivity contribution is -0.160. The van der Waals surface area contributed by atoms with Gasteiger partial charge < -0.3 is 9.64 Å². The van der Waals surface area contributed by atoms with Crippen LogP contribution in [-0.4, -0.2) is 36.0 Å². The van der Waals surface area contributed by atoms with E-state index in [1.807, 2.05) is 38.1 Å². The fourth-order valence-electron chi connectivity index (χ4n) is 2.19. The number of carbonyl (C=O) groups is 2. The van der Waals surface area contributed by atoms with Crippen molar-refractivity contribution in [1.29, 1.82) is 0 Å². The number of hydrogen-bond acceptors (Lipinski definition) is 3. The Hall–Kier alpha value is -1.55. The van der Waals surface area contributed by atoms with Crippen molar-refractivity contribution in [2.45, 2.75) is 39.7 Å². The van der Waals surface area contributed by atoms with Crippen molar-refractivity contribution in [2.75, 3.05) is 13.2 Å². The Labute approximate surface area is 131 Å². The summed E-state index contributed by atoms with van der Waals surface area (Å²) >= 11 is 6.12. The smallest absolute Gasteiger partial charge is 0.397 e. The Morgan fingerprint density at radius 3 is 2.52 bits per heavy atom. The first-order valence-corrected chi connectivity index (χ1v) is 7.60. The molecule has 21 heavy (non-hydrogen) atoms. The maximum Gasteiger partial charge on any atom is 0.397 e. The van der Waals surface area contributed by atoms with Crippen molar-refractivity contribution in [3.63, 3.8) is 0 Å². The normalized spacial score (nSPS) is 11.8. The molecule has 0 aromatic heterocycles. The number of aryl methyl sites for hydroxylation is 1. The minimum Gasteiger partial charge on any atom is -0.459 e. The summed E-state index contributed by atoms with van der Waals surface area (Å²) in [7, 11) is 0. The number of likely N-dealkylation sites (N-methyl/N-ethyl adjacent to an activating group) is 1. The van der Waals surface area contributed by atoms with E-state index in [9.17, 15) is 9.59 Å². The molecule has 0 radical (unpaired) electrons. The Kier molecular flexibility index (Phi) is 7.23. The van der Waals surface area contributed by atoms with Gasteiger partial charge in [0.05, 0.1) is 6.61 Å². The third kappa shape index (κ3) is 5.05. The van der Waals surface area contributed by atoms with E-state index in [0.29, 0.717) is 6.54 Å². The molecule has 0 bridgehead atoms. The summed E-state index contributed by atoms with van der Waals surface area (Å²) in [6, 6.07) is 7.59. The molecular formula is C16H22ClNO3. The lowest BCUT2D eigenvalue weighted by Crippen LogP contribution is -2.43. The van der Waals surface area contributed by atoms with E-state index in [0.717, 1.165) is 23.4 Å². The van der Waals surface area contributed by atoms with Gasteiger partial charge in [0.15, 0.2) is 0 Å². The fraction of sp³-hybridized carbons (Fsp3) is 0.500. The highest BCUT2D eigenvalue weighted by Gasteiger charge is 2.25. The number of nitrogens with zero attached hydrogens (tertiary/aromatic N) is 1. The second kappa shape index (κ2) is 8.67. The number of esters is 1. The van der Waals surface area contributed by atoms with Gasteiger partial charge in [0.25, 0.3) is 0 Å². The van der Waals surface area contributed by atoms with E-state index in [-0.39, 0.29) is 12.6 Å². The third-order valence-corrected chi connectivity index (χ3v) is 3.74. The van der Waals surface area contributed by atoms with Gasteiger partial charge in [0, 0.05) is 17.6 Å². The molecule has 116 valence electrons. The Balaban J connectivity index is 2.63. The largest absolute Gasteiger partial charge is 0.459 e. The Morgan fingerprint density at radius 2 is 1.95 bits per heavy atom. The summed E-state index contributed by atoms with van der Waals surface area (Å²) in [5.41, 5.74) is 1.05. The quantitative estimate of drug-likeness (QED) is 0.599. The fourth-order valence-corrected chi connectivity index (χ4v) is 2.42. The number of ether oxygens (including phenoxy) is 1. The zero-order valence-electron chi connectivity index (χ0n) is 12.8. The van der Waals surface area contributed by atoms with Crippen LogP contribution in [0.1, 0.15) is 32.8 Å². The Bertz CT molecular complexity index is 490. The van der Waals surface area contributed by atoms with E-state index in [1.54, 1.807) is 6.92 Å².